The first-order valence-electron chi connectivity index (χ1n) is 8.98. The Balaban J connectivity index is 1.39. The van der Waals surface area contributed by atoms with Crippen molar-refractivity contribution in [3.63, 3.8) is 0 Å². The smallest absolute Gasteiger partial charge is 0.264 e. The van der Waals surface area contributed by atoms with E-state index in [1.54, 1.807) is 0 Å². The predicted octanol–water partition coefficient (Wildman–Crippen LogP) is 2.96. The van der Waals surface area contributed by atoms with Crippen LogP contribution in [0.15, 0.2) is 42.5 Å². The summed E-state index contributed by atoms with van der Waals surface area (Å²) in [5.74, 6) is 0.978. The number of carbonyl (C=O) groups excluding carboxylic acids is 1. The van der Waals surface area contributed by atoms with Gasteiger partial charge in [0.05, 0.1) is 0 Å². The molecular weight excluding hydrogens is 312 g/mol. The van der Waals surface area contributed by atoms with Crippen molar-refractivity contribution in [2.45, 2.75) is 26.4 Å². The van der Waals surface area contributed by atoms with Gasteiger partial charge >= 0.3 is 0 Å². The van der Waals surface area contributed by atoms with Crippen LogP contribution >= 0.6 is 0 Å². The van der Waals surface area contributed by atoms with Crippen LogP contribution in [-0.4, -0.2) is 43.1 Å². The third-order valence-electron chi connectivity index (χ3n) is 5.43. The highest BCUT2D eigenvalue weighted by Crippen LogP contribution is 2.29. The van der Waals surface area contributed by atoms with E-state index in [0.29, 0.717) is 6.42 Å². The molecule has 1 saturated heterocycles. The van der Waals surface area contributed by atoms with Gasteiger partial charge in [0.2, 0.25) is 0 Å². The third kappa shape index (κ3) is 2.97. The largest absolute Gasteiger partial charge is 0.480 e. The molecule has 0 bridgehead atoms. The van der Waals surface area contributed by atoms with Crippen molar-refractivity contribution < 1.29 is 9.53 Å². The molecule has 1 amide bonds. The first-order valence-corrected chi connectivity index (χ1v) is 8.98. The molecule has 4 heteroatoms. The monoisotopic (exact) mass is 336 g/mol. The van der Waals surface area contributed by atoms with Crippen LogP contribution in [0.1, 0.15) is 16.7 Å². The Labute approximate surface area is 149 Å². The highest BCUT2D eigenvalue weighted by Gasteiger charge is 2.33. The van der Waals surface area contributed by atoms with Crippen LogP contribution in [0.4, 0.5) is 5.69 Å². The Morgan fingerprint density at radius 3 is 2.52 bits per heavy atom. The lowest BCUT2D eigenvalue weighted by Crippen LogP contribution is -2.52. The van der Waals surface area contributed by atoms with Crippen molar-refractivity contribution in [2.24, 2.45) is 0 Å². The number of ether oxygens (including phenoxy) is 1. The number of nitrogens with zero attached hydrogens (tertiary/aromatic N) is 2. The summed E-state index contributed by atoms with van der Waals surface area (Å²) in [6.07, 6.45) is 0.330. The maximum atomic E-state index is 12.8. The molecule has 2 aromatic carbocycles. The second-order valence-corrected chi connectivity index (χ2v) is 6.95. The molecule has 0 saturated carbocycles. The van der Waals surface area contributed by atoms with E-state index in [1.807, 2.05) is 29.2 Å². The van der Waals surface area contributed by atoms with Crippen molar-refractivity contribution >= 4 is 11.6 Å². The molecule has 0 aromatic heterocycles. The van der Waals surface area contributed by atoms with Gasteiger partial charge in [0, 0.05) is 38.3 Å². The van der Waals surface area contributed by atoms with Crippen LogP contribution < -0.4 is 9.64 Å². The Bertz CT molecular complexity index is 769. The Morgan fingerprint density at radius 1 is 1.00 bits per heavy atom. The summed E-state index contributed by atoms with van der Waals surface area (Å²) in [5.41, 5.74) is 5.07. The topological polar surface area (TPSA) is 32.8 Å². The molecule has 0 radical (unpaired) electrons. The maximum Gasteiger partial charge on any atom is 0.264 e. The van der Waals surface area contributed by atoms with Gasteiger partial charge in [0.15, 0.2) is 6.10 Å². The van der Waals surface area contributed by atoms with Crippen molar-refractivity contribution in [1.29, 1.82) is 0 Å². The Hall–Kier alpha value is -2.49. The molecule has 0 aliphatic carbocycles. The highest BCUT2D eigenvalue weighted by atomic mass is 16.5. The molecule has 4 rings (SSSR count). The molecule has 25 heavy (non-hydrogen) atoms. The fourth-order valence-electron chi connectivity index (χ4n) is 3.77. The van der Waals surface area contributed by atoms with Crippen molar-refractivity contribution in [3.8, 4) is 5.75 Å². The number of hydrogen-bond acceptors (Lipinski definition) is 3. The van der Waals surface area contributed by atoms with Gasteiger partial charge in [0.25, 0.3) is 5.91 Å². The quantitative estimate of drug-likeness (QED) is 0.845. The van der Waals surface area contributed by atoms with E-state index in [4.69, 9.17) is 4.74 Å². The van der Waals surface area contributed by atoms with Gasteiger partial charge in [0.1, 0.15) is 5.75 Å². The Kier molecular flexibility index (Phi) is 4.12. The minimum absolute atomic E-state index is 0.122. The normalized spacial score (nSPS) is 19.5. The molecule has 2 aliphatic rings. The zero-order valence-corrected chi connectivity index (χ0v) is 14.9. The molecule has 0 spiro atoms. The molecule has 1 atom stereocenters. The van der Waals surface area contributed by atoms with Crippen LogP contribution in [0, 0.1) is 13.8 Å². The molecule has 2 heterocycles. The lowest BCUT2D eigenvalue weighted by atomic mass is 10.1. The first kappa shape index (κ1) is 16.0. The van der Waals surface area contributed by atoms with Gasteiger partial charge in [-0.2, -0.15) is 0 Å². The van der Waals surface area contributed by atoms with Gasteiger partial charge in [-0.05, 0) is 42.7 Å². The number of carbonyl (C=O) groups is 1. The summed E-state index contributed by atoms with van der Waals surface area (Å²) < 4.78 is 5.86. The number of para-hydroxylation sites is 1. The molecule has 130 valence electrons. The molecule has 2 aliphatic heterocycles. The van der Waals surface area contributed by atoms with Crippen LogP contribution in [-0.2, 0) is 11.2 Å². The Morgan fingerprint density at radius 2 is 1.76 bits per heavy atom. The van der Waals surface area contributed by atoms with Crippen LogP contribution in [0.5, 0.6) is 5.75 Å². The number of aryl methyl sites for hydroxylation is 1. The van der Waals surface area contributed by atoms with E-state index < -0.39 is 0 Å². The van der Waals surface area contributed by atoms with E-state index in [9.17, 15) is 4.79 Å². The number of hydrogen-bond donors (Lipinski definition) is 0. The zero-order valence-electron chi connectivity index (χ0n) is 14.9. The first-order chi connectivity index (χ1) is 12.1. The number of benzene rings is 2. The molecular formula is C21H24N2O2. The lowest BCUT2D eigenvalue weighted by Gasteiger charge is -2.37. The summed E-state index contributed by atoms with van der Waals surface area (Å²) in [6.45, 7) is 7.57. The number of fused-ring (bicyclic) bond motifs is 1. The number of anilines is 1. The lowest BCUT2D eigenvalue weighted by molar-refractivity contribution is -0.138. The SMILES string of the molecule is Cc1cccc(N2CCN(C(=O)[C@H]3Cc4ccccc4O3)CC2)c1C. The summed E-state index contributed by atoms with van der Waals surface area (Å²) in [7, 11) is 0. The molecule has 0 unspecified atom stereocenters. The van der Waals surface area contributed by atoms with E-state index in [-0.39, 0.29) is 12.0 Å². The minimum atomic E-state index is -0.357. The fraction of sp³-hybridized carbons (Fsp3) is 0.381. The average molecular weight is 336 g/mol. The second-order valence-electron chi connectivity index (χ2n) is 6.95. The van der Waals surface area contributed by atoms with Crippen molar-refractivity contribution in [2.75, 3.05) is 31.1 Å². The second kappa shape index (κ2) is 6.43. The van der Waals surface area contributed by atoms with E-state index in [1.165, 1.54) is 16.8 Å². The van der Waals surface area contributed by atoms with Gasteiger partial charge in [-0.15, -0.1) is 0 Å². The van der Waals surface area contributed by atoms with E-state index in [0.717, 1.165) is 37.5 Å². The number of piperazine rings is 1. The van der Waals surface area contributed by atoms with Gasteiger partial charge in [-0.1, -0.05) is 30.3 Å². The number of rotatable bonds is 2. The molecule has 4 nitrogen and oxygen atoms in total. The molecule has 1 fully saturated rings. The van der Waals surface area contributed by atoms with Crippen LogP contribution in [0.25, 0.3) is 0 Å². The summed E-state index contributed by atoms with van der Waals surface area (Å²) in [6, 6.07) is 14.4. The summed E-state index contributed by atoms with van der Waals surface area (Å²) >= 11 is 0. The van der Waals surface area contributed by atoms with Crippen LogP contribution in [0.3, 0.4) is 0 Å². The fourth-order valence-corrected chi connectivity index (χ4v) is 3.77. The minimum Gasteiger partial charge on any atom is -0.480 e. The van der Waals surface area contributed by atoms with Crippen molar-refractivity contribution in [1.82, 2.24) is 4.90 Å². The summed E-state index contributed by atoms with van der Waals surface area (Å²) in [4.78, 5) is 17.2. The average Bonchev–Trinajstić information content (AvgIpc) is 3.08. The highest BCUT2D eigenvalue weighted by molar-refractivity contribution is 5.83. The van der Waals surface area contributed by atoms with E-state index in [2.05, 4.69) is 36.9 Å². The standard InChI is InChI=1S/C21H24N2O2/c1-15-6-5-8-18(16(15)2)22-10-12-23(13-11-22)21(24)20-14-17-7-3-4-9-19(17)25-20/h3-9,20H,10-14H2,1-2H3/t20-/m1/s1. The van der Waals surface area contributed by atoms with Gasteiger partial charge < -0.3 is 14.5 Å². The predicted molar refractivity (Wildman–Crippen MR) is 99.3 cm³/mol. The van der Waals surface area contributed by atoms with Crippen molar-refractivity contribution in [3.05, 3.63) is 59.2 Å². The van der Waals surface area contributed by atoms with Gasteiger partial charge in [-0.25, -0.2) is 0 Å². The maximum absolute atomic E-state index is 12.8. The van der Waals surface area contributed by atoms with Gasteiger partial charge in [-0.3, -0.25) is 4.79 Å². The summed E-state index contributed by atoms with van der Waals surface area (Å²) in [5, 5.41) is 0. The van der Waals surface area contributed by atoms with E-state index >= 15 is 0 Å². The van der Waals surface area contributed by atoms with Crippen LogP contribution in [0.2, 0.25) is 0 Å². The molecule has 0 N–H and O–H groups in total. The third-order valence-corrected chi connectivity index (χ3v) is 5.43. The molecule has 2 aromatic rings. The zero-order chi connectivity index (χ0) is 17.4. The number of amides is 1.